The topological polar surface area (TPSA) is 99.5 Å². The first-order valence-electron chi connectivity index (χ1n) is 12.1. The second-order valence-electron chi connectivity index (χ2n) is 9.17. The third-order valence-electron chi connectivity index (χ3n) is 6.48. The summed E-state index contributed by atoms with van der Waals surface area (Å²) < 4.78 is 34.3. The number of ether oxygens (including phenoxy) is 2. The first-order valence-corrected chi connectivity index (χ1v) is 13.8. The lowest BCUT2D eigenvalue weighted by Crippen LogP contribution is -2.37. The second-order valence-corrected chi connectivity index (χ2v) is 11.2. The highest BCUT2D eigenvalue weighted by Gasteiger charge is 2.42. The first kappa shape index (κ1) is 26.9. The molecule has 0 amide bonds. The molecule has 192 valence electrons. The minimum absolute atomic E-state index is 0.228. The summed E-state index contributed by atoms with van der Waals surface area (Å²) in [7, 11) is -1.69. The number of aliphatic carboxylic acids is 1. The SMILES string of the molecule is CCCCC1(CCCC)CN(c2ccccc2)c2cc(OC)c(O/C=C/C(=O)O)cc2S(O)(O)C1. The van der Waals surface area contributed by atoms with Crippen molar-refractivity contribution in [3.63, 3.8) is 0 Å². The maximum absolute atomic E-state index is 11.6. The van der Waals surface area contributed by atoms with Gasteiger partial charge in [-0.15, -0.1) is 0 Å². The number of nitrogens with zero attached hydrogens (tertiary/aromatic N) is 1. The Morgan fingerprint density at radius 2 is 1.74 bits per heavy atom. The maximum atomic E-state index is 11.6. The van der Waals surface area contributed by atoms with Crippen molar-refractivity contribution >= 4 is 27.9 Å². The quantitative estimate of drug-likeness (QED) is 0.218. The van der Waals surface area contributed by atoms with Crippen LogP contribution in [-0.2, 0) is 4.79 Å². The number of carboxylic acid groups (broad SMARTS) is 1. The van der Waals surface area contributed by atoms with Crippen molar-refractivity contribution in [1.82, 2.24) is 0 Å². The lowest BCUT2D eigenvalue weighted by atomic mass is 9.79. The molecule has 3 rings (SSSR count). The van der Waals surface area contributed by atoms with Crippen molar-refractivity contribution in [3.05, 3.63) is 54.8 Å². The molecule has 0 aliphatic carbocycles. The van der Waals surface area contributed by atoms with E-state index in [0.717, 1.165) is 56.6 Å². The third-order valence-corrected chi connectivity index (χ3v) is 8.53. The van der Waals surface area contributed by atoms with Crippen molar-refractivity contribution in [2.24, 2.45) is 5.41 Å². The molecule has 2 aromatic carbocycles. The first-order chi connectivity index (χ1) is 16.7. The van der Waals surface area contributed by atoms with Crippen LogP contribution in [-0.4, -0.2) is 39.6 Å². The fourth-order valence-corrected chi connectivity index (χ4v) is 6.95. The number of unbranched alkanes of at least 4 members (excludes halogenated alkanes) is 2. The molecule has 2 aromatic rings. The molecule has 0 aromatic heterocycles. The van der Waals surface area contributed by atoms with Crippen LogP contribution < -0.4 is 14.4 Å². The molecular weight excluding hydrogens is 466 g/mol. The number of anilines is 2. The number of fused-ring (bicyclic) bond motifs is 1. The smallest absolute Gasteiger partial charge is 0.331 e. The highest BCUT2D eigenvalue weighted by atomic mass is 32.3. The van der Waals surface area contributed by atoms with Gasteiger partial charge in [0.05, 0.1) is 30.0 Å². The highest BCUT2D eigenvalue weighted by Crippen LogP contribution is 2.62. The molecule has 3 N–H and O–H groups in total. The zero-order valence-electron chi connectivity index (χ0n) is 20.8. The predicted molar refractivity (Wildman–Crippen MR) is 141 cm³/mol. The number of hydrogen-bond donors (Lipinski definition) is 3. The van der Waals surface area contributed by atoms with E-state index in [-0.39, 0.29) is 16.9 Å². The van der Waals surface area contributed by atoms with Gasteiger partial charge in [0.1, 0.15) is 0 Å². The van der Waals surface area contributed by atoms with Gasteiger partial charge in [-0.1, -0.05) is 57.7 Å². The van der Waals surface area contributed by atoms with E-state index >= 15 is 0 Å². The van der Waals surface area contributed by atoms with E-state index in [4.69, 9.17) is 14.6 Å². The lowest BCUT2D eigenvalue weighted by Gasteiger charge is -2.42. The Labute approximate surface area is 209 Å². The number of carboxylic acids is 1. The summed E-state index contributed by atoms with van der Waals surface area (Å²) in [5, 5.41) is 8.91. The molecule has 0 bridgehead atoms. The van der Waals surface area contributed by atoms with Gasteiger partial charge in [-0.3, -0.25) is 9.11 Å². The summed E-state index contributed by atoms with van der Waals surface area (Å²) in [5.74, 6) is -0.265. The van der Waals surface area contributed by atoms with Crippen molar-refractivity contribution < 1.29 is 28.5 Å². The maximum Gasteiger partial charge on any atom is 0.331 e. The van der Waals surface area contributed by atoms with Crippen LogP contribution in [0.4, 0.5) is 11.4 Å². The van der Waals surface area contributed by atoms with Crippen LogP contribution in [0.1, 0.15) is 52.4 Å². The molecule has 8 heteroatoms. The second kappa shape index (κ2) is 11.8. The van der Waals surface area contributed by atoms with E-state index in [1.807, 2.05) is 30.3 Å². The van der Waals surface area contributed by atoms with Gasteiger partial charge < -0.3 is 19.5 Å². The number of rotatable bonds is 11. The largest absolute Gasteiger partial charge is 0.493 e. The molecule has 0 spiro atoms. The minimum Gasteiger partial charge on any atom is -0.493 e. The molecule has 1 aliphatic rings. The molecule has 0 saturated heterocycles. The summed E-state index contributed by atoms with van der Waals surface area (Å²) in [5.41, 5.74) is 1.35. The van der Waals surface area contributed by atoms with Gasteiger partial charge >= 0.3 is 5.97 Å². The van der Waals surface area contributed by atoms with E-state index in [1.165, 1.54) is 7.11 Å². The Hall–Kier alpha value is -2.68. The van der Waals surface area contributed by atoms with E-state index in [1.54, 1.807) is 12.1 Å². The van der Waals surface area contributed by atoms with E-state index in [0.29, 0.717) is 22.9 Å². The molecular formula is C27H37NO6S. The number of carbonyl (C=O) groups is 1. The van der Waals surface area contributed by atoms with Crippen molar-refractivity contribution in [2.45, 2.75) is 57.3 Å². The Kier molecular flexibility index (Phi) is 9.10. The summed E-state index contributed by atoms with van der Waals surface area (Å²) in [6.45, 7) is 4.97. The molecule has 0 fully saturated rings. The number of para-hydroxylation sites is 1. The normalized spacial score (nSPS) is 17.5. The molecule has 7 nitrogen and oxygen atoms in total. The van der Waals surface area contributed by atoms with Gasteiger partial charge in [-0.25, -0.2) is 4.79 Å². The standard InChI is InChI=1S/C27H37NO6S/c1-4-6-14-27(15-7-5-2)19-28(21-11-9-8-10-12-21)22-17-23(33-3)24(34-16-13-26(29)30)18-25(22)35(31,32)20-27/h8-13,16-18,31-32H,4-7,14-15,19-20H2,1-3H3,(H,29,30)/b16-13+. The molecule has 0 atom stereocenters. The lowest BCUT2D eigenvalue weighted by molar-refractivity contribution is -0.131. The molecule has 1 heterocycles. The molecule has 1 aliphatic heterocycles. The van der Waals surface area contributed by atoms with Gasteiger partial charge in [-0.05, 0) is 25.0 Å². The van der Waals surface area contributed by atoms with Crippen LogP contribution >= 0.6 is 10.6 Å². The Balaban J connectivity index is 2.20. The van der Waals surface area contributed by atoms with Crippen LogP contribution in [0, 0.1) is 5.41 Å². The third kappa shape index (κ3) is 6.51. The summed E-state index contributed by atoms with van der Waals surface area (Å²) in [4.78, 5) is 13.4. The Morgan fingerprint density at radius 3 is 2.31 bits per heavy atom. The molecule has 0 saturated carbocycles. The molecule has 35 heavy (non-hydrogen) atoms. The molecule has 0 unspecified atom stereocenters. The summed E-state index contributed by atoms with van der Waals surface area (Å²) in [6.07, 6.45) is 7.82. The number of hydrogen-bond acceptors (Lipinski definition) is 6. The van der Waals surface area contributed by atoms with Crippen molar-refractivity contribution in [1.29, 1.82) is 0 Å². The van der Waals surface area contributed by atoms with E-state index < -0.39 is 16.6 Å². The van der Waals surface area contributed by atoms with Gasteiger partial charge in [0.15, 0.2) is 11.5 Å². The van der Waals surface area contributed by atoms with Crippen molar-refractivity contribution in [2.75, 3.05) is 24.3 Å². The van der Waals surface area contributed by atoms with E-state index in [9.17, 15) is 13.9 Å². The van der Waals surface area contributed by atoms with Crippen LogP contribution in [0.3, 0.4) is 0 Å². The van der Waals surface area contributed by atoms with Crippen LogP contribution in [0.25, 0.3) is 0 Å². The highest BCUT2D eigenvalue weighted by molar-refractivity contribution is 8.24. The fourth-order valence-electron chi connectivity index (χ4n) is 4.76. The van der Waals surface area contributed by atoms with Crippen molar-refractivity contribution in [3.8, 4) is 11.5 Å². The number of methoxy groups -OCH3 is 1. The summed E-state index contributed by atoms with van der Waals surface area (Å²) in [6, 6.07) is 13.3. The predicted octanol–water partition coefficient (Wildman–Crippen LogP) is 7.30. The monoisotopic (exact) mass is 503 g/mol. The minimum atomic E-state index is -3.19. The Morgan fingerprint density at radius 1 is 1.09 bits per heavy atom. The van der Waals surface area contributed by atoms with Gasteiger partial charge in [0.2, 0.25) is 0 Å². The van der Waals surface area contributed by atoms with Crippen LogP contribution in [0.15, 0.2) is 59.7 Å². The average Bonchev–Trinajstić information content (AvgIpc) is 2.93. The van der Waals surface area contributed by atoms with Crippen LogP contribution in [0.2, 0.25) is 0 Å². The fraction of sp³-hybridized carbons (Fsp3) is 0.444. The van der Waals surface area contributed by atoms with Gasteiger partial charge in [0, 0.05) is 35.5 Å². The number of benzene rings is 2. The van der Waals surface area contributed by atoms with Gasteiger partial charge in [-0.2, -0.15) is 10.6 Å². The zero-order chi connectivity index (χ0) is 25.5. The zero-order valence-corrected chi connectivity index (χ0v) is 21.6. The molecule has 0 radical (unpaired) electrons. The Bertz CT molecular complexity index is 1020. The van der Waals surface area contributed by atoms with Crippen LogP contribution in [0.5, 0.6) is 11.5 Å². The summed E-state index contributed by atoms with van der Waals surface area (Å²) >= 11 is 0. The van der Waals surface area contributed by atoms with Gasteiger partial charge in [0.25, 0.3) is 0 Å². The van der Waals surface area contributed by atoms with E-state index in [2.05, 4.69) is 18.7 Å². The average molecular weight is 504 g/mol.